The molecule has 0 aliphatic carbocycles. The van der Waals surface area contributed by atoms with Crippen LogP contribution >= 0.6 is 11.3 Å². The summed E-state index contributed by atoms with van der Waals surface area (Å²) in [5.74, 6) is 0.478. The Labute approximate surface area is 196 Å². The van der Waals surface area contributed by atoms with Gasteiger partial charge in [-0.25, -0.2) is 9.78 Å². The van der Waals surface area contributed by atoms with Crippen LogP contribution in [-0.4, -0.2) is 28.0 Å². The first kappa shape index (κ1) is 22.8. The maximum absolute atomic E-state index is 13.0. The van der Waals surface area contributed by atoms with Crippen molar-refractivity contribution in [2.24, 2.45) is 0 Å². The number of fused-ring (bicyclic) bond motifs is 1. The van der Waals surface area contributed by atoms with Crippen LogP contribution in [0.1, 0.15) is 51.8 Å². The second kappa shape index (κ2) is 8.86. The topological polar surface area (TPSA) is 86.4 Å². The summed E-state index contributed by atoms with van der Waals surface area (Å²) >= 11 is 1.58. The van der Waals surface area contributed by atoms with Crippen LogP contribution in [0.3, 0.4) is 0 Å². The zero-order valence-electron chi connectivity index (χ0n) is 19.7. The van der Waals surface area contributed by atoms with Crippen molar-refractivity contribution in [1.29, 1.82) is 0 Å². The van der Waals surface area contributed by atoms with Crippen LogP contribution in [0, 0.1) is 27.7 Å². The number of carbonyl (C=O) groups excluding carboxylic acids is 2. The lowest BCUT2D eigenvalue weighted by atomic mass is 10.1. The number of hydrogen-bond donors (Lipinski definition) is 1. The molecule has 0 aliphatic heterocycles. The third-order valence-corrected chi connectivity index (χ3v) is 6.83. The van der Waals surface area contributed by atoms with Crippen LogP contribution in [-0.2, 0) is 16.1 Å². The highest BCUT2D eigenvalue weighted by Gasteiger charge is 2.29. The number of carbonyl (C=O) groups is 2. The lowest BCUT2D eigenvalue weighted by Gasteiger charge is -2.11. The highest BCUT2D eigenvalue weighted by Crippen LogP contribution is 2.41. The van der Waals surface area contributed by atoms with E-state index in [0.29, 0.717) is 35.3 Å². The smallest absolute Gasteiger partial charge is 0.357 e. The molecule has 0 saturated carbocycles. The lowest BCUT2D eigenvalue weighted by molar-refractivity contribution is -0.114. The number of nitrogens with one attached hydrogen (secondary N) is 1. The lowest BCUT2D eigenvalue weighted by Crippen LogP contribution is -2.17. The van der Waals surface area contributed by atoms with E-state index in [2.05, 4.69) is 5.32 Å². The first-order chi connectivity index (χ1) is 15.7. The van der Waals surface area contributed by atoms with Crippen molar-refractivity contribution < 1.29 is 18.7 Å². The van der Waals surface area contributed by atoms with Crippen molar-refractivity contribution in [1.82, 2.24) is 9.55 Å². The molecule has 4 rings (SSSR count). The highest BCUT2D eigenvalue weighted by atomic mass is 32.1. The van der Waals surface area contributed by atoms with E-state index in [1.54, 1.807) is 18.3 Å². The zero-order valence-corrected chi connectivity index (χ0v) is 20.5. The molecule has 0 radical (unpaired) electrons. The summed E-state index contributed by atoms with van der Waals surface area (Å²) in [4.78, 5) is 31.8. The van der Waals surface area contributed by atoms with Crippen LogP contribution in [0.15, 0.2) is 28.7 Å². The van der Waals surface area contributed by atoms with Crippen LogP contribution in [0.2, 0.25) is 0 Å². The fraction of sp³-hybridized carbons (Fsp3) is 0.320. The molecule has 0 aliphatic rings. The molecule has 172 valence electrons. The molecule has 0 fully saturated rings. The quantitative estimate of drug-likeness (QED) is 0.365. The molecule has 7 nitrogen and oxygen atoms in total. The Bertz CT molecular complexity index is 1380. The number of hydrogen-bond acceptors (Lipinski definition) is 6. The predicted molar refractivity (Wildman–Crippen MR) is 130 cm³/mol. The first-order valence-corrected chi connectivity index (χ1v) is 11.6. The van der Waals surface area contributed by atoms with Gasteiger partial charge in [0, 0.05) is 22.8 Å². The molecular weight excluding hydrogens is 438 g/mol. The van der Waals surface area contributed by atoms with E-state index in [4.69, 9.17) is 14.1 Å². The Morgan fingerprint density at radius 3 is 2.64 bits per heavy atom. The number of esters is 1. The fourth-order valence-electron chi connectivity index (χ4n) is 3.93. The molecule has 8 heteroatoms. The summed E-state index contributed by atoms with van der Waals surface area (Å²) in [6.45, 7) is 11.7. The molecule has 33 heavy (non-hydrogen) atoms. The normalized spacial score (nSPS) is 11.2. The average molecular weight is 466 g/mol. The van der Waals surface area contributed by atoms with Crippen molar-refractivity contribution in [3.63, 3.8) is 0 Å². The van der Waals surface area contributed by atoms with Gasteiger partial charge in [-0.15, -0.1) is 11.3 Å². The third-order valence-electron chi connectivity index (χ3n) is 5.60. The van der Waals surface area contributed by atoms with Crippen LogP contribution < -0.4 is 5.32 Å². The van der Waals surface area contributed by atoms with E-state index in [9.17, 15) is 9.59 Å². The van der Waals surface area contributed by atoms with Gasteiger partial charge in [-0.3, -0.25) is 4.79 Å². The maximum atomic E-state index is 13.0. The Morgan fingerprint density at radius 1 is 1.21 bits per heavy atom. The SMILES string of the molecule is CCOC(=O)c1c(NC(C)=O)c2c(C)c(C)sc2n1Cc1nc(-c2cccc(C)c2)oc1C. The monoisotopic (exact) mass is 465 g/mol. The largest absolute Gasteiger partial charge is 0.461 e. The summed E-state index contributed by atoms with van der Waals surface area (Å²) in [7, 11) is 0. The van der Waals surface area contributed by atoms with Crippen LogP contribution in [0.5, 0.6) is 0 Å². The number of amides is 1. The highest BCUT2D eigenvalue weighted by molar-refractivity contribution is 7.19. The summed E-state index contributed by atoms with van der Waals surface area (Å²) < 4.78 is 13.2. The van der Waals surface area contributed by atoms with E-state index in [-0.39, 0.29) is 12.5 Å². The van der Waals surface area contributed by atoms with E-state index in [1.807, 2.05) is 56.5 Å². The van der Waals surface area contributed by atoms with E-state index in [0.717, 1.165) is 31.8 Å². The van der Waals surface area contributed by atoms with Crippen molar-refractivity contribution in [3.8, 4) is 11.5 Å². The fourth-order valence-corrected chi connectivity index (χ4v) is 5.10. The van der Waals surface area contributed by atoms with Gasteiger partial charge in [-0.2, -0.15) is 0 Å². The number of thiophene rings is 1. The molecule has 1 aromatic carbocycles. The predicted octanol–water partition coefficient (Wildman–Crippen LogP) is 5.77. The molecule has 0 spiro atoms. The molecule has 3 heterocycles. The Hall–Kier alpha value is -3.39. The number of oxazole rings is 1. The van der Waals surface area contributed by atoms with Crippen molar-refractivity contribution in [3.05, 3.63) is 57.4 Å². The van der Waals surface area contributed by atoms with Gasteiger partial charge in [0.1, 0.15) is 16.3 Å². The molecular formula is C25H27N3O4S. The molecule has 0 atom stereocenters. The van der Waals surface area contributed by atoms with Gasteiger partial charge < -0.3 is 19.0 Å². The van der Waals surface area contributed by atoms with Crippen molar-refractivity contribution >= 4 is 39.1 Å². The van der Waals surface area contributed by atoms with Crippen LogP contribution in [0.4, 0.5) is 5.69 Å². The van der Waals surface area contributed by atoms with Gasteiger partial charge in [0.2, 0.25) is 11.8 Å². The number of aromatic nitrogens is 2. The second-order valence-electron chi connectivity index (χ2n) is 8.07. The molecule has 0 bridgehead atoms. The van der Waals surface area contributed by atoms with E-state index in [1.165, 1.54) is 6.92 Å². The zero-order chi connectivity index (χ0) is 23.9. The average Bonchev–Trinajstić information content (AvgIpc) is 3.35. The minimum Gasteiger partial charge on any atom is -0.461 e. The summed E-state index contributed by atoms with van der Waals surface area (Å²) in [6, 6.07) is 7.97. The van der Waals surface area contributed by atoms with Gasteiger partial charge in [-0.1, -0.05) is 17.7 Å². The number of anilines is 1. The summed E-state index contributed by atoms with van der Waals surface area (Å²) in [5, 5.41) is 3.73. The van der Waals surface area contributed by atoms with Gasteiger partial charge in [0.05, 0.1) is 18.8 Å². The van der Waals surface area contributed by atoms with Gasteiger partial charge in [-0.05, 0) is 52.3 Å². The first-order valence-electron chi connectivity index (χ1n) is 10.8. The summed E-state index contributed by atoms with van der Waals surface area (Å²) in [5.41, 5.74) is 4.56. The Kier molecular flexibility index (Phi) is 6.12. The molecule has 4 aromatic rings. The standard InChI is InChI=1S/C25H27N3O4S/c1-7-31-25(30)22-21(26-17(6)29)20-14(3)16(5)33-24(20)28(22)12-19-15(4)32-23(27-19)18-10-8-9-13(2)11-18/h8-11H,7,12H2,1-6H3,(H,26,29). The minimum atomic E-state index is -0.484. The molecule has 1 N–H and O–H groups in total. The number of nitrogens with zero attached hydrogens (tertiary/aromatic N) is 2. The Balaban J connectivity index is 1.89. The van der Waals surface area contributed by atoms with E-state index >= 15 is 0 Å². The Morgan fingerprint density at radius 2 is 1.97 bits per heavy atom. The van der Waals surface area contributed by atoms with Crippen molar-refractivity contribution in [2.45, 2.75) is 48.1 Å². The third kappa shape index (κ3) is 4.18. The van der Waals surface area contributed by atoms with Gasteiger partial charge >= 0.3 is 5.97 Å². The van der Waals surface area contributed by atoms with Crippen LogP contribution in [0.25, 0.3) is 21.7 Å². The van der Waals surface area contributed by atoms with Crippen molar-refractivity contribution in [2.75, 3.05) is 11.9 Å². The molecule has 0 saturated heterocycles. The number of rotatable bonds is 6. The number of aryl methyl sites for hydroxylation is 4. The number of benzene rings is 1. The summed E-state index contributed by atoms with van der Waals surface area (Å²) in [6.07, 6.45) is 0. The maximum Gasteiger partial charge on any atom is 0.357 e. The van der Waals surface area contributed by atoms with E-state index < -0.39 is 5.97 Å². The minimum absolute atomic E-state index is 0.232. The second-order valence-corrected chi connectivity index (χ2v) is 9.27. The van der Waals surface area contributed by atoms with Gasteiger partial charge in [0.25, 0.3) is 0 Å². The number of ether oxygens (including phenoxy) is 1. The molecule has 0 unspecified atom stereocenters. The molecule has 1 amide bonds. The molecule has 3 aromatic heterocycles. The van der Waals surface area contributed by atoms with Gasteiger partial charge in [0.15, 0.2) is 5.69 Å².